The Morgan fingerprint density at radius 2 is 1.71 bits per heavy atom. The normalized spacial score (nSPS) is 10.8. The quantitative estimate of drug-likeness (QED) is 0.415. The van der Waals surface area contributed by atoms with Gasteiger partial charge < -0.3 is 4.42 Å². The van der Waals surface area contributed by atoms with E-state index in [2.05, 4.69) is 16.8 Å². The lowest BCUT2D eigenvalue weighted by Gasteiger charge is -2.03. The number of rotatable bonds is 3. The van der Waals surface area contributed by atoms with Gasteiger partial charge in [-0.2, -0.15) is 0 Å². The van der Waals surface area contributed by atoms with Crippen LogP contribution in [0, 0.1) is 11.8 Å². The molecule has 1 heterocycles. The number of carbonyl (C=O) groups is 1. The Bertz CT molecular complexity index is 1170. The number of nitrogens with zero attached hydrogens (tertiary/aromatic N) is 2. The lowest BCUT2D eigenvalue weighted by molar-refractivity contribution is -0.152. The second-order valence-electron chi connectivity index (χ2n) is 5.94. The summed E-state index contributed by atoms with van der Waals surface area (Å²) in [5.41, 5.74) is 1.88. The van der Waals surface area contributed by atoms with E-state index in [9.17, 15) is 13.2 Å². The highest BCUT2D eigenvalue weighted by Gasteiger charge is 2.17. The Morgan fingerprint density at radius 3 is 2.29 bits per heavy atom. The molecule has 0 aliphatic heterocycles. The van der Waals surface area contributed by atoms with Gasteiger partial charge in [-0.1, -0.05) is 30.3 Å². The van der Waals surface area contributed by atoms with Crippen molar-refractivity contribution >= 4 is 15.7 Å². The Hall–Kier alpha value is -3.41. The number of sulfone groups is 1. The first-order chi connectivity index (χ1) is 13.3. The van der Waals surface area contributed by atoms with Crippen LogP contribution in [0.15, 0.2) is 63.9 Å². The van der Waals surface area contributed by atoms with E-state index in [1.54, 1.807) is 12.1 Å². The number of benzene rings is 2. The molecule has 0 radical (unpaired) electrons. The van der Waals surface area contributed by atoms with E-state index < -0.39 is 15.7 Å². The summed E-state index contributed by atoms with van der Waals surface area (Å²) in [6.45, 7) is 0. The van der Waals surface area contributed by atoms with Crippen LogP contribution in [0.1, 0.15) is 5.89 Å². The van der Waals surface area contributed by atoms with Crippen LogP contribution >= 0.6 is 0 Å². The number of amides is 1. The molecule has 0 unspecified atom stereocenters. The highest BCUT2D eigenvalue weighted by Crippen LogP contribution is 2.33. The smallest absolute Gasteiger partial charge is 0.322 e. The Kier molecular flexibility index (Phi) is 5.31. The molecule has 0 bridgehead atoms. The zero-order valence-corrected chi connectivity index (χ0v) is 15.9. The molecule has 1 N–H and O–H groups in total. The third kappa shape index (κ3) is 4.28. The molecule has 1 aromatic heterocycles. The fraction of sp³-hybridized carbons (Fsp3) is 0.100. The van der Waals surface area contributed by atoms with Gasteiger partial charge in [0.05, 0.1) is 4.90 Å². The lowest BCUT2D eigenvalue weighted by atomic mass is 10.1. The first-order valence-corrected chi connectivity index (χ1v) is 10.00. The molecule has 7 nitrogen and oxygen atoms in total. The second-order valence-corrected chi connectivity index (χ2v) is 7.95. The van der Waals surface area contributed by atoms with Crippen molar-refractivity contribution in [3.8, 4) is 34.4 Å². The highest BCUT2D eigenvalue weighted by molar-refractivity contribution is 7.90. The fourth-order valence-corrected chi connectivity index (χ4v) is 3.03. The molecule has 0 saturated carbocycles. The van der Waals surface area contributed by atoms with Crippen LogP contribution in [0.2, 0.25) is 0 Å². The minimum absolute atomic E-state index is 0.00348. The number of hydrogen-bond acceptors (Lipinski definition) is 6. The van der Waals surface area contributed by atoms with Crippen LogP contribution in [-0.2, 0) is 14.6 Å². The molecule has 0 aliphatic carbocycles. The van der Waals surface area contributed by atoms with Gasteiger partial charge in [0.25, 0.3) is 5.89 Å². The number of aromatic nitrogens is 1. The maximum atomic E-state index is 11.7. The molecule has 8 heteroatoms. The molecular weight excluding hydrogens is 380 g/mol. The van der Waals surface area contributed by atoms with E-state index in [1.807, 2.05) is 30.3 Å². The van der Waals surface area contributed by atoms with Crippen molar-refractivity contribution < 1.29 is 22.8 Å². The summed E-state index contributed by atoms with van der Waals surface area (Å²) in [7, 11) is -2.16. The molecule has 0 spiro atoms. The summed E-state index contributed by atoms with van der Waals surface area (Å²) >= 11 is 0. The molecule has 0 saturated heterocycles. The standard InChI is InChI=1S/C20H16N2O5S/c1-22(24)18(23)13-12-17-21-19(14-6-4-3-5-7-14)20(27-17)15-8-10-16(11-9-15)28(2,25)26/h3-11,24H,1-2H3. The predicted molar refractivity (Wildman–Crippen MR) is 102 cm³/mol. The van der Waals surface area contributed by atoms with Gasteiger partial charge in [-0.3, -0.25) is 10.0 Å². The largest absolute Gasteiger partial charge is 0.429 e. The highest BCUT2D eigenvalue weighted by atomic mass is 32.2. The topological polar surface area (TPSA) is 101 Å². The number of carbonyl (C=O) groups excluding carboxylic acids is 1. The maximum Gasteiger partial charge on any atom is 0.322 e. The molecular formula is C20H16N2O5S. The van der Waals surface area contributed by atoms with E-state index >= 15 is 0 Å². The Balaban J connectivity index is 2.10. The monoisotopic (exact) mass is 396 g/mol. The van der Waals surface area contributed by atoms with Gasteiger partial charge in [-0.15, -0.1) is 0 Å². The van der Waals surface area contributed by atoms with E-state index in [-0.39, 0.29) is 10.8 Å². The van der Waals surface area contributed by atoms with E-state index in [0.717, 1.165) is 18.9 Å². The maximum absolute atomic E-state index is 11.7. The molecule has 3 aromatic rings. The van der Waals surface area contributed by atoms with Gasteiger partial charge in [0.1, 0.15) is 5.69 Å². The summed E-state index contributed by atoms with van der Waals surface area (Å²) in [4.78, 5) is 16.0. The van der Waals surface area contributed by atoms with Crippen molar-refractivity contribution in [2.45, 2.75) is 4.90 Å². The first kappa shape index (κ1) is 19.4. The number of hydroxylamine groups is 2. The van der Waals surface area contributed by atoms with Gasteiger partial charge in [0.2, 0.25) is 0 Å². The van der Waals surface area contributed by atoms with Crippen LogP contribution in [0.3, 0.4) is 0 Å². The van der Waals surface area contributed by atoms with Gasteiger partial charge in [0, 0.05) is 36.3 Å². The van der Waals surface area contributed by atoms with Gasteiger partial charge >= 0.3 is 5.91 Å². The molecule has 28 heavy (non-hydrogen) atoms. The van der Waals surface area contributed by atoms with E-state index in [0.29, 0.717) is 22.1 Å². The SMILES string of the molecule is CN(O)C(=O)C#Cc1nc(-c2ccccc2)c(-c2ccc(S(C)(=O)=O)cc2)o1. The minimum Gasteiger partial charge on any atom is -0.429 e. The molecule has 0 fully saturated rings. The summed E-state index contributed by atoms with van der Waals surface area (Å²) in [6.07, 6.45) is 1.13. The van der Waals surface area contributed by atoms with Crippen LogP contribution in [-0.4, -0.2) is 42.9 Å². The number of hydrogen-bond donors (Lipinski definition) is 1. The van der Waals surface area contributed by atoms with Crippen LogP contribution in [0.4, 0.5) is 0 Å². The van der Waals surface area contributed by atoms with Crippen LogP contribution < -0.4 is 0 Å². The minimum atomic E-state index is -3.32. The van der Waals surface area contributed by atoms with Gasteiger partial charge in [-0.25, -0.2) is 18.5 Å². The molecule has 0 aliphatic rings. The number of oxazole rings is 1. The molecule has 0 atom stereocenters. The zero-order chi connectivity index (χ0) is 20.3. The average molecular weight is 396 g/mol. The molecule has 3 rings (SSSR count). The average Bonchev–Trinajstić information content (AvgIpc) is 3.10. The van der Waals surface area contributed by atoms with Crippen molar-refractivity contribution in [2.75, 3.05) is 13.3 Å². The first-order valence-electron chi connectivity index (χ1n) is 8.11. The van der Waals surface area contributed by atoms with Crippen molar-refractivity contribution in [3.05, 3.63) is 60.5 Å². The fourth-order valence-electron chi connectivity index (χ4n) is 2.40. The second kappa shape index (κ2) is 7.68. The van der Waals surface area contributed by atoms with E-state index in [1.165, 1.54) is 12.1 Å². The summed E-state index contributed by atoms with van der Waals surface area (Å²) < 4.78 is 29.1. The Morgan fingerprint density at radius 1 is 1.07 bits per heavy atom. The van der Waals surface area contributed by atoms with Gasteiger partial charge in [0.15, 0.2) is 15.6 Å². The van der Waals surface area contributed by atoms with Crippen LogP contribution in [0.5, 0.6) is 0 Å². The third-order valence-electron chi connectivity index (χ3n) is 3.79. The zero-order valence-electron chi connectivity index (χ0n) is 15.1. The van der Waals surface area contributed by atoms with Crippen molar-refractivity contribution in [2.24, 2.45) is 0 Å². The molecule has 2 aromatic carbocycles. The Labute approximate surface area is 162 Å². The third-order valence-corrected chi connectivity index (χ3v) is 4.92. The lowest BCUT2D eigenvalue weighted by Crippen LogP contribution is -2.20. The molecule has 1 amide bonds. The summed E-state index contributed by atoms with van der Waals surface area (Å²) in [5, 5.41) is 9.45. The van der Waals surface area contributed by atoms with Crippen molar-refractivity contribution in [1.82, 2.24) is 10.0 Å². The molecule has 142 valence electrons. The predicted octanol–water partition coefficient (Wildman–Crippen LogP) is 2.61. The summed E-state index contributed by atoms with van der Waals surface area (Å²) in [5.74, 6) is 4.29. The van der Waals surface area contributed by atoms with Crippen LogP contribution in [0.25, 0.3) is 22.6 Å². The van der Waals surface area contributed by atoms with E-state index in [4.69, 9.17) is 9.62 Å². The van der Waals surface area contributed by atoms with Gasteiger partial charge in [-0.05, 0) is 24.3 Å². The summed E-state index contributed by atoms with van der Waals surface area (Å²) in [6, 6.07) is 15.4. The van der Waals surface area contributed by atoms with Crippen molar-refractivity contribution in [3.63, 3.8) is 0 Å². The van der Waals surface area contributed by atoms with Crippen molar-refractivity contribution in [1.29, 1.82) is 0 Å².